The number of halogens is 4. The lowest BCUT2D eigenvalue weighted by atomic mass is 10.1. The summed E-state index contributed by atoms with van der Waals surface area (Å²) in [7, 11) is 1.70. The number of aliphatic imine (C=N–C) groups is 1. The Labute approximate surface area is 187 Å². The summed E-state index contributed by atoms with van der Waals surface area (Å²) in [5.41, 5.74) is 0.00869. The van der Waals surface area contributed by atoms with E-state index in [1.807, 2.05) is 6.92 Å². The van der Waals surface area contributed by atoms with Crippen molar-refractivity contribution in [2.24, 2.45) is 4.99 Å². The van der Waals surface area contributed by atoms with Gasteiger partial charge in [-0.05, 0) is 31.9 Å². The van der Waals surface area contributed by atoms with Crippen LogP contribution >= 0.6 is 24.0 Å². The maximum atomic E-state index is 14.1. The zero-order valence-corrected chi connectivity index (χ0v) is 19.1. The number of hydrogen-bond donors (Lipinski definition) is 2. The average molecular weight is 530 g/mol. The van der Waals surface area contributed by atoms with Gasteiger partial charge in [-0.2, -0.15) is 8.78 Å². The van der Waals surface area contributed by atoms with Crippen LogP contribution in [0.15, 0.2) is 23.2 Å². The SMILES string of the molecule is CCNC(=NCc1c(F)cccc1OC(F)F)NC1CCN(CCOC)CC1.I. The minimum atomic E-state index is -3.01. The third kappa shape index (κ3) is 8.95. The fourth-order valence-corrected chi connectivity index (χ4v) is 3.09. The number of ether oxygens (including phenoxy) is 2. The van der Waals surface area contributed by atoms with Gasteiger partial charge in [0.15, 0.2) is 5.96 Å². The number of guanidine groups is 1. The molecule has 1 aliphatic heterocycles. The summed E-state index contributed by atoms with van der Waals surface area (Å²) in [4.78, 5) is 6.72. The van der Waals surface area contributed by atoms with E-state index in [-0.39, 0.29) is 47.9 Å². The Balaban J connectivity index is 0.00000420. The molecule has 0 bridgehead atoms. The highest BCUT2D eigenvalue weighted by Gasteiger charge is 2.20. The van der Waals surface area contributed by atoms with Crippen LogP contribution in [0.5, 0.6) is 5.75 Å². The molecule has 166 valence electrons. The lowest BCUT2D eigenvalue weighted by Crippen LogP contribution is -2.49. The highest BCUT2D eigenvalue weighted by molar-refractivity contribution is 14.0. The van der Waals surface area contributed by atoms with Gasteiger partial charge < -0.3 is 25.0 Å². The van der Waals surface area contributed by atoms with Gasteiger partial charge in [-0.1, -0.05) is 6.07 Å². The smallest absolute Gasteiger partial charge is 0.387 e. The first-order chi connectivity index (χ1) is 13.5. The molecule has 1 saturated heterocycles. The lowest BCUT2D eigenvalue weighted by Gasteiger charge is -2.32. The molecule has 1 aliphatic rings. The number of nitrogens with zero attached hydrogens (tertiary/aromatic N) is 2. The first kappa shape index (κ1) is 25.8. The second-order valence-corrected chi connectivity index (χ2v) is 6.54. The Morgan fingerprint density at radius 1 is 1.31 bits per heavy atom. The van der Waals surface area contributed by atoms with Crippen molar-refractivity contribution in [3.05, 3.63) is 29.6 Å². The van der Waals surface area contributed by atoms with E-state index in [4.69, 9.17) is 4.74 Å². The van der Waals surface area contributed by atoms with Crippen LogP contribution < -0.4 is 15.4 Å². The largest absolute Gasteiger partial charge is 0.434 e. The molecule has 1 heterocycles. The van der Waals surface area contributed by atoms with Gasteiger partial charge in [0.1, 0.15) is 11.6 Å². The third-order valence-electron chi connectivity index (χ3n) is 4.57. The van der Waals surface area contributed by atoms with Gasteiger partial charge >= 0.3 is 6.61 Å². The van der Waals surface area contributed by atoms with Crippen LogP contribution in [0, 0.1) is 5.82 Å². The van der Waals surface area contributed by atoms with Crippen LogP contribution in [-0.2, 0) is 11.3 Å². The van der Waals surface area contributed by atoms with Crippen molar-refractivity contribution in [1.29, 1.82) is 0 Å². The van der Waals surface area contributed by atoms with E-state index in [2.05, 4.69) is 25.3 Å². The van der Waals surface area contributed by atoms with Gasteiger partial charge in [-0.3, -0.25) is 0 Å². The summed E-state index contributed by atoms with van der Waals surface area (Å²) in [6.07, 6.45) is 1.90. The second-order valence-electron chi connectivity index (χ2n) is 6.54. The first-order valence-electron chi connectivity index (χ1n) is 9.51. The van der Waals surface area contributed by atoms with Gasteiger partial charge in [0, 0.05) is 39.3 Å². The number of benzene rings is 1. The van der Waals surface area contributed by atoms with E-state index in [1.54, 1.807) is 7.11 Å². The van der Waals surface area contributed by atoms with Crippen LogP contribution in [0.2, 0.25) is 0 Å². The predicted molar refractivity (Wildman–Crippen MR) is 118 cm³/mol. The van der Waals surface area contributed by atoms with Crippen LogP contribution in [0.3, 0.4) is 0 Å². The molecule has 1 fully saturated rings. The Hall–Kier alpha value is -1.27. The monoisotopic (exact) mass is 530 g/mol. The number of likely N-dealkylation sites (tertiary alicyclic amines) is 1. The standard InChI is InChI=1S/C19H29F3N4O2.HI/c1-3-23-19(25-14-7-9-26(10-8-14)11-12-27-2)24-13-15-16(20)5-4-6-17(15)28-18(21)22;/h4-6,14,18H,3,7-13H2,1-2H3,(H2,23,24,25);1H. The van der Waals surface area contributed by atoms with E-state index in [1.165, 1.54) is 18.2 Å². The normalized spacial score (nSPS) is 15.9. The molecule has 2 rings (SSSR count). The minimum absolute atomic E-state index is 0. The van der Waals surface area contributed by atoms with Gasteiger partial charge in [0.25, 0.3) is 0 Å². The summed E-state index contributed by atoms with van der Waals surface area (Å²) >= 11 is 0. The topological polar surface area (TPSA) is 58.1 Å². The highest BCUT2D eigenvalue weighted by atomic mass is 127. The quantitative estimate of drug-likeness (QED) is 0.292. The molecule has 0 saturated carbocycles. The zero-order chi connectivity index (χ0) is 20.4. The van der Waals surface area contributed by atoms with Crippen LogP contribution in [-0.4, -0.2) is 63.4 Å². The molecular weight excluding hydrogens is 500 g/mol. The molecule has 0 unspecified atom stereocenters. The van der Waals surface area contributed by atoms with Gasteiger partial charge in [0.05, 0.1) is 18.7 Å². The zero-order valence-electron chi connectivity index (χ0n) is 16.8. The van der Waals surface area contributed by atoms with Crippen molar-refractivity contribution in [3.63, 3.8) is 0 Å². The second kappa shape index (κ2) is 13.9. The Morgan fingerprint density at radius 3 is 2.66 bits per heavy atom. The molecule has 6 nitrogen and oxygen atoms in total. The predicted octanol–water partition coefficient (Wildman–Crippen LogP) is 3.21. The van der Waals surface area contributed by atoms with E-state index in [9.17, 15) is 13.2 Å². The molecule has 0 aliphatic carbocycles. The van der Waals surface area contributed by atoms with Crippen molar-refractivity contribution in [3.8, 4) is 5.75 Å². The van der Waals surface area contributed by atoms with Crippen LogP contribution in [0.1, 0.15) is 25.3 Å². The van der Waals surface area contributed by atoms with Gasteiger partial charge in [-0.15, -0.1) is 24.0 Å². The van der Waals surface area contributed by atoms with Gasteiger partial charge in [0.2, 0.25) is 0 Å². The summed E-state index contributed by atoms with van der Waals surface area (Å²) in [6, 6.07) is 4.10. The van der Waals surface area contributed by atoms with E-state index >= 15 is 0 Å². The molecule has 10 heteroatoms. The number of alkyl halides is 2. The van der Waals surface area contributed by atoms with Crippen molar-refractivity contribution in [2.45, 2.75) is 39.0 Å². The summed E-state index contributed by atoms with van der Waals surface area (Å²) < 4.78 is 48.7. The number of piperidine rings is 1. The van der Waals surface area contributed by atoms with E-state index in [0.717, 1.165) is 32.5 Å². The maximum Gasteiger partial charge on any atom is 0.387 e. The number of hydrogen-bond acceptors (Lipinski definition) is 4. The molecule has 0 aromatic heterocycles. The van der Waals surface area contributed by atoms with Gasteiger partial charge in [-0.25, -0.2) is 9.38 Å². The maximum absolute atomic E-state index is 14.1. The molecule has 0 radical (unpaired) electrons. The average Bonchev–Trinajstić information content (AvgIpc) is 2.66. The summed E-state index contributed by atoms with van der Waals surface area (Å²) in [5.74, 6) is -0.283. The fourth-order valence-electron chi connectivity index (χ4n) is 3.09. The third-order valence-corrected chi connectivity index (χ3v) is 4.57. The molecule has 1 aromatic rings. The molecule has 0 spiro atoms. The fraction of sp³-hybridized carbons (Fsp3) is 0.632. The molecular formula is C19H30F3IN4O2. The van der Waals surface area contributed by atoms with Crippen LogP contribution in [0.25, 0.3) is 0 Å². The van der Waals surface area contributed by atoms with Crippen molar-refractivity contribution in [2.75, 3.05) is 39.9 Å². The molecule has 29 heavy (non-hydrogen) atoms. The van der Waals surface area contributed by atoms with Crippen LogP contribution in [0.4, 0.5) is 13.2 Å². The highest BCUT2D eigenvalue weighted by Crippen LogP contribution is 2.24. The minimum Gasteiger partial charge on any atom is -0.434 e. The first-order valence-corrected chi connectivity index (χ1v) is 9.51. The lowest BCUT2D eigenvalue weighted by molar-refractivity contribution is -0.0506. The van der Waals surface area contributed by atoms with E-state index < -0.39 is 12.4 Å². The van der Waals surface area contributed by atoms with E-state index in [0.29, 0.717) is 19.1 Å². The Bertz CT molecular complexity index is 629. The van der Waals surface area contributed by atoms with Crippen molar-refractivity contribution in [1.82, 2.24) is 15.5 Å². The summed E-state index contributed by atoms with van der Waals surface area (Å²) in [5, 5.41) is 6.47. The molecule has 1 aromatic carbocycles. The number of methoxy groups -OCH3 is 1. The molecule has 0 atom stereocenters. The Kier molecular flexibility index (Phi) is 12.3. The number of nitrogens with one attached hydrogen (secondary N) is 2. The van der Waals surface area contributed by atoms with Crippen molar-refractivity contribution >= 4 is 29.9 Å². The molecule has 2 N–H and O–H groups in total. The van der Waals surface area contributed by atoms with Crippen molar-refractivity contribution < 1.29 is 22.6 Å². The molecule has 0 amide bonds. The summed E-state index contributed by atoms with van der Waals surface area (Å²) in [6.45, 7) is 3.00. The Morgan fingerprint density at radius 2 is 2.03 bits per heavy atom. The number of rotatable bonds is 9.